The number of hydrogen-bond acceptors (Lipinski definition) is 4. The van der Waals surface area contributed by atoms with Crippen molar-refractivity contribution in [2.45, 2.75) is 51.0 Å². The lowest BCUT2D eigenvalue weighted by Crippen LogP contribution is -2.22. The van der Waals surface area contributed by atoms with Gasteiger partial charge >= 0.3 is 0 Å². The lowest BCUT2D eigenvalue weighted by molar-refractivity contribution is 0.325. The number of nitrogens with zero attached hydrogens (tertiary/aromatic N) is 2. The van der Waals surface area contributed by atoms with Crippen molar-refractivity contribution in [2.24, 2.45) is 0 Å². The summed E-state index contributed by atoms with van der Waals surface area (Å²) < 4.78 is 5.58. The molecule has 1 N–H and O–H groups in total. The van der Waals surface area contributed by atoms with E-state index in [1.54, 1.807) is 0 Å². The molecule has 1 fully saturated rings. The van der Waals surface area contributed by atoms with Gasteiger partial charge in [0.2, 0.25) is 5.89 Å². The van der Waals surface area contributed by atoms with Crippen molar-refractivity contribution < 1.29 is 4.52 Å². The first-order valence-corrected chi connectivity index (χ1v) is 7.81. The second-order valence-electron chi connectivity index (χ2n) is 6.30. The summed E-state index contributed by atoms with van der Waals surface area (Å²) in [5.74, 6) is 1.49. The van der Waals surface area contributed by atoms with E-state index < -0.39 is 0 Å². The highest BCUT2D eigenvalue weighted by atomic mass is 16.5. The van der Waals surface area contributed by atoms with E-state index >= 15 is 0 Å². The van der Waals surface area contributed by atoms with Crippen molar-refractivity contribution in [2.75, 3.05) is 6.54 Å². The highest BCUT2D eigenvalue weighted by Gasteiger charge is 2.31. The van der Waals surface area contributed by atoms with Crippen LogP contribution in [0, 0.1) is 0 Å². The zero-order valence-electron chi connectivity index (χ0n) is 12.8. The van der Waals surface area contributed by atoms with E-state index in [2.05, 4.69) is 41.4 Å². The first-order valence-electron chi connectivity index (χ1n) is 7.81. The van der Waals surface area contributed by atoms with E-state index in [9.17, 15) is 0 Å². The van der Waals surface area contributed by atoms with Crippen LogP contribution in [0.2, 0.25) is 0 Å². The molecule has 0 radical (unpaired) electrons. The second kappa shape index (κ2) is 5.98. The monoisotopic (exact) mass is 285 g/mol. The smallest absolute Gasteiger partial charge is 0.236 e. The summed E-state index contributed by atoms with van der Waals surface area (Å²) in [6.45, 7) is 5.29. The van der Waals surface area contributed by atoms with Crippen LogP contribution < -0.4 is 5.32 Å². The standard InChI is InChI=1S/C17H23N3O/c1-17(2,13-9-5-3-6-10-13)16-19-15(20-21-16)14-11-7-4-8-12-18-14/h3,5-6,9-10,14,18H,4,7-8,11-12H2,1-2H3. The summed E-state index contributed by atoms with van der Waals surface area (Å²) in [6.07, 6.45) is 4.83. The molecule has 2 aromatic rings. The molecule has 4 nitrogen and oxygen atoms in total. The molecule has 112 valence electrons. The van der Waals surface area contributed by atoms with Gasteiger partial charge in [0, 0.05) is 0 Å². The van der Waals surface area contributed by atoms with E-state index in [4.69, 9.17) is 4.52 Å². The maximum atomic E-state index is 5.58. The van der Waals surface area contributed by atoms with Crippen LogP contribution in [0.4, 0.5) is 0 Å². The largest absolute Gasteiger partial charge is 0.338 e. The Balaban J connectivity index is 1.84. The molecule has 1 aromatic heterocycles. The first kappa shape index (κ1) is 14.3. The van der Waals surface area contributed by atoms with Gasteiger partial charge in [0.25, 0.3) is 0 Å². The van der Waals surface area contributed by atoms with Crippen molar-refractivity contribution in [1.82, 2.24) is 15.5 Å². The van der Waals surface area contributed by atoms with Crippen LogP contribution in [-0.2, 0) is 5.41 Å². The van der Waals surface area contributed by atoms with E-state index in [1.165, 1.54) is 24.8 Å². The number of rotatable bonds is 3. The number of aromatic nitrogens is 2. The lowest BCUT2D eigenvalue weighted by atomic mass is 9.84. The van der Waals surface area contributed by atoms with E-state index in [0.29, 0.717) is 5.89 Å². The highest BCUT2D eigenvalue weighted by Crippen LogP contribution is 2.31. The summed E-state index contributed by atoms with van der Waals surface area (Å²) in [5, 5.41) is 7.74. The number of nitrogens with one attached hydrogen (secondary N) is 1. The van der Waals surface area contributed by atoms with Gasteiger partial charge in [0.05, 0.1) is 11.5 Å². The fourth-order valence-corrected chi connectivity index (χ4v) is 2.86. The molecule has 0 amide bonds. The molecule has 1 aliphatic heterocycles. The maximum Gasteiger partial charge on any atom is 0.236 e. The Kier molecular flexibility index (Phi) is 4.06. The minimum atomic E-state index is -0.267. The van der Waals surface area contributed by atoms with Crippen molar-refractivity contribution >= 4 is 0 Å². The van der Waals surface area contributed by atoms with Crippen molar-refractivity contribution in [3.8, 4) is 0 Å². The van der Waals surface area contributed by atoms with Gasteiger partial charge in [-0.2, -0.15) is 4.98 Å². The third-order valence-corrected chi connectivity index (χ3v) is 4.34. The molecule has 0 bridgehead atoms. The van der Waals surface area contributed by atoms with E-state index in [0.717, 1.165) is 18.8 Å². The number of benzene rings is 1. The second-order valence-corrected chi connectivity index (χ2v) is 6.30. The quantitative estimate of drug-likeness (QED) is 0.936. The van der Waals surface area contributed by atoms with Gasteiger partial charge in [-0.05, 0) is 38.8 Å². The third-order valence-electron chi connectivity index (χ3n) is 4.34. The zero-order chi connectivity index (χ0) is 14.7. The van der Waals surface area contributed by atoms with Crippen molar-refractivity contribution in [1.29, 1.82) is 0 Å². The van der Waals surface area contributed by atoms with Gasteiger partial charge in [0.1, 0.15) is 0 Å². The third kappa shape index (κ3) is 3.00. The van der Waals surface area contributed by atoms with Gasteiger partial charge in [-0.1, -0.05) is 48.3 Å². The van der Waals surface area contributed by atoms with Crippen LogP contribution in [0.15, 0.2) is 34.9 Å². The summed E-state index contributed by atoms with van der Waals surface area (Å²) >= 11 is 0. The molecule has 1 atom stereocenters. The molecule has 0 aliphatic carbocycles. The molecule has 2 heterocycles. The molecule has 1 aliphatic rings. The van der Waals surface area contributed by atoms with Gasteiger partial charge in [-0.15, -0.1) is 0 Å². The molecule has 0 spiro atoms. The molecule has 3 rings (SSSR count). The molecule has 1 unspecified atom stereocenters. The van der Waals surface area contributed by atoms with Crippen LogP contribution in [0.5, 0.6) is 0 Å². The summed E-state index contributed by atoms with van der Waals surface area (Å²) in [5.41, 5.74) is 0.922. The van der Waals surface area contributed by atoms with Gasteiger partial charge in [-0.3, -0.25) is 0 Å². The molecule has 0 saturated carbocycles. The van der Waals surface area contributed by atoms with Crippen LogP contribution >= 0.6 is 0 Å². The van der Waals surface area contributed by atoms with Crippen molar-refractivity contribution in [3.05, 3.63) is 47.6 Å². The molecular formula is C17H23N3O. The summed E-state index contributed by atoms with van der Waals surface area (Å²) in [6, 6.07) is 10.6. The Bertz CT molecular complexity index is 569. The Morgan fingerprint density at radius 3 is 2.76 bits per heavy atom. The predicted octanol–water partition coefficient (Wildman–Crippen LogP) is 3.60. The van der Waals surface area contributed by atoms with E-state index in [1.807, 2.05) is 18.2 Å². The average Bonchev–Trinajstić information content (AvgIpc) is 2.85. The maximum absolute atomic E-state index is 5.58. The molecule has 1 saturated heterocycles. The van der Waals surface area contributed by atoms with Crippen LogP contribution in [0.3, 0.4) is 0 Å². The fourth-order valence-electron chi connectivity index (χ4n) is 2.86. The Morgan fingerprint density at radius 1 is 1.14 bits per heavy atom. The van der Waals surface area contributed by atoms with Crippen LogP contribution in [0.25, 0.3) is 0 Å². The Morgan fingerprint density at radius 2 is 1.95 bits per heavy atom. The molecular weight excluding hydrogens is 262 g/mol. The lowest BCUT2D eigenvalue weighted by Gasteiger charge is -2.20. The first-order chi connectivity index (χ1) is 10.2. The molecule has 4 heteroatoms. The summed E-state index contributed by atoms with van der Waals surface area (Å²) in [4.78, 5) is 4.68. The Hall–Kier alpha value is -1.68. The fraction of sp³-hybridized carbons (Fsp3) is 0.529. The molecule has 1 aromatic carbocycles. The Labute approximate surface area is 126 Å². The van der Waals surface area contributed by atoms with Crippen molar-refractivity contribution in [3.63, 3.8) is 0 Å². The minimum Gasteiger partial charge on any atom is -0.338 e. The average molecular weight is 285 g/mol. The topological polar surface area (TPSA) is 51.0 Å². The van der Waals surface area contributed by atoms with Gasteiger partial charge in [0.15, 0.2) is 5.82 Å². The predicted molar refractivity (Wildman–Crippen MR) is 82.1 cm³/mol. The SMILES string of the molecule is CC(C)(c1ccccc1)c1nc(C2CCCCCN2)no1. The van der Waals surface area contributed by atoms with Crippen LogP contribution in [0.1, 0.15) is 62.9 Å². The highest BCUT2D eigenvalue weighted by molar-refractivity contribution is 5.29. The minimum absolute atomic E-state index is 0.233. The van der Waals surface area contributed by atoms with E-state index in [-0.39, 0.29) is 11.5 Å². The number of hydrogen-bond donors (Lipinski definition) is 1. The normalized spacial score (nSPS) is 20.2. The molecule has 21 heavy (non-hydrogen) atoms. The van der Waals surface area contributed by atoms with Crippen LogP contribution in [-0.4, -0.2) is 16.7 Å². The zero-order valence-corrected chi connectivity index (χ0v) is 12.8. The summed E-state index contributed by atoms with van der Waals surface area (Å²) in [7, 11) is 0. The van der Waals surface area contributed by atoms with Gasteiger partial charge in [-0.25, -0.2) is 0 Å². The van der Waals surface area contributed by atoms with Gasteiger partial charge < -0.3 is 9.84 Å².